The second-order valence-corrected chi connectivity index (χ2v) is 5.75. The molecule has 0 aromatic carbocycles. The summed E-state index contributed by atoms with van der Waals surface area (Å²) >= 11 is 0. The summed E-state index contributed by atoms with van der Waals surface area (Å²) in [6.07, 6.45) is 2.38. The monoisotopic (exact) mass is 251 g/mol. The van der Waals surface area contributed by atoms with Crippen molar-refractivity contribution in [2.45, 2.75) is 52.7 Å². The third kappa shape index (κ3) is 6.26. The van der Waals surface area contributed by atoms with E-state index in [1.807, 2.05) is 27.7 Å². The van der Waals surface area contributed by atoms with Gasteiger partial charge in [0.15, 0.2) is 0 Å². The lowest BCUT2D eigenvalue weighted by atomic mass is 10.3. The summed E-state index contributed by atoms with van der Waals surface area (Å²) in [6, 6.07) is 0. The molecule has 0 aromatic heterocycles. The molecule has 5 nitrogen and oxygen atoms in total. The van der Waals surface area contributed by atoms with E-state index in [1.54, 1.807) is 0 Å². The number of hydrogen-bond acceptors (Lipinski definition) is 5. The van der Waals surface area contributed by atoms with Crippen LogP contribution in [-0.2, 0) is 13.6 Å². The van der Waals surface area contributed by atoms with Gasteiger partial charge in [-0.1, -0.05) is 13.8 Å². The Morgan fingerprint density at radius 2 is 1.69 bits per heavy atom. The van der Waals surface area contributed by atoms with Crippen LogP contribution in [0.2, 0.25) is 0 Å². The minimum atomic E-state index is -3.19. The molecule has 0 aliphatic heterocycles. The summed E-state index contributed by atoms with van der Waals surface area (Å²) in [5, 5.41) is 11.2. The standard InChI is InChI=1S/C10H22NO4P/c1-5-9(3)14-16(13,8-7-11-12)15-10(4)6-2/h7,9-10,12H,5-6,8H2,1-4H3. The van der Waals surface area contributed by atoms with Gasteiger partial charge in [-0.3, -0.25) is 4.57 Å². The van der Waals surface area contributed by atoms with Gasteiger partial charge in [0.25, 0.3) is 0 Å². The SMILES string of the molecule is CCC(C)OP(=O)(CC=NO)OC(C)CC. The highest BCUT2D eigenvalue weighted by Gasteiger charge is 2.28. The molecule has 0 radical (unpaired) electrons. The Morgan fingerprint density at radius 1 is 1.25 bits per heavy atom. The van der Waals surface area contributed by atoms with Gasteiger partial charge in [0.1, 0.15) is 0 Å². The highest BCUT2D eigenvalue weighted by molar-refractivity contribution is 7.54. The van der Waals surface area contributed by atoms with Crippen LogP contribution in [0.1, 0.15) is 40.5 Å². The Balaban J connectivity index is 4.53. The van der Waals surface area contributed by atoms with Crippen molar-refractivity contribution in [1.29, 1.82) is 0 Å². The summed E-state index contributed by atoms with van der Waals surface area (Å²) < 4.78 is 23.0. The molecule has 0 spiro atoms. The van der Waals surface area contributed by atoms with Crippen molar-refractivity contribution in [1.82, 2.24) is 0 Å². The first-order chi connectivity index (χ1) is 7.47. The van der Waals surface area contributed by atoms with Crippen LogP contribution >= 0.6 is 7.60 Å². The highest BCUT2D eigenvalue weighted by Crippen LogP contribution is 2.50. The summed E-state index contributed by atoms with van der Waals surface area (Å²) in [6.45, 7) is 7.56. The maximum Gasteiger partial charge on any atom is 0.336 e. The molecular formula is C10H22NO4P. The third-order valence-corrected chi connectivity index (χ3v) is 4.19. The average Bonchev–Trinajstić information content (AvgIpc) is 2.25. The molecule has 0 saturated carbocycles. The Bertz CT molecular complexity index is 241. The predicted molar refractivity (Wildman–Crippen MR) is 64.4 cm³/mol. The zero-order valence-electron chi connectivity index (χ0n) is 10.4. The number of hydrogen-bond donors (Lipinski definition) is 1. The molecule has 0 amide bonds. The average molecular weight is 251 g/mol. The molecule has 0 fully saturated rings. The fraction of sp³-hybridized carbons (Fsp3) is 0.900. The van der Waals surface area contributed by atoms with E-state index in [9.17, 15) is 4.57 Å². The minimum Gasteiger partial charge on any atom is -0.411 e. The largest absolute Gasteiger partial charge is 0.411 e. The molecule has 0 rings (SSSR count). The first kappa shape index (κ1) is 15.6. The predicted octanol–water partition coefficient (Wildman–Crippen LogP) is 3.27. The highest BCUT2D eigenvalue weighted by atomic mass is 31.2. The fourth-order valence-electron chi connectivity index (χ4n) is 0.945. The van der Waals surface area contributed by atoms with Crippen molar-refractivity contribution in [3.05, 3.63) is 0 Å². The first-order valence-corrected chi connectivity index (χ1v) is 7.32. The Kier molecular flexibility index (Phi) is 7.64. The number of rotatable bonds is 8. The molecule has 2 unspecified atom stereocenters. The van der Waals surface area contributed by atoms with Crippen molar-refractivity contribution in [3.8, 4) is 0 Å². The van der Waals surface area contributed by atoms with Gasteiger partial charge in [-0.25, -0.2) is 0 Å². The number of nitrogens with zero attached hydrogens (tertiary/aromatic N) is 1. The van der Waals surface area contributed by atoms with Crippen LogP contribution in [0, 0.1) is 0 Å². The van der Waals surface area contributed by atoms with Crippen LogP contribution in [-0.4, -0.2) is 29.8 Å². The molecule has 6 heteroatoms. The van der Waals surface area contributed by atoms with Gasteiger partial charge < -0.3 is 14.3 Å². The van der Waals surface area contributed by atoms with E-state index in [2.05, 4.69) is 5.16 Å². The van der Waals surface area contributed by atoms with E-state index in [4.69, 9.17) is 14.3 Å². The molecule has 1 N–H and O–H groups in total. The van der Waals surface area contributed by atoms with E-state index >= 15 is 0 Å². The zero-order chi connectivity index (χ0) is 12.6. The van der Waals surface area contributed by atoms with E-state index in [0.29, 0.717) is 0 Å². The lowest BCUT2D eigenvalue weighted by molar-refractivity contribution is 0.126. The molecule has 0 heterocycles. The first-order valence-electron chi connectivity index (χ1n) is 5.59. The van der Waals surface area contributed by atoms with Crippen LogP contribution in [0.3, 0.4) is 0 Å². The molecule has 16 heavy (non-hydrogen) atoms. The van der Waals surface area contributed by atoms with Gasteiger partial charge in [-0.15, -0.1) is 5.16 Å². The van der Waals surface area contributed by atoms with Crippen LogP contribution in [0.4, 0.5) is 0 Å². The third-order valence-electron chi connectivity index (χ3n) is 2.22. The van der Waals surface area contributed by atoms with E-state index in [1.165, 1.54) is 0 Å². The van der Waals surface area contributed by atoms with Gasteiger partial charge in [-0.05, 0) is 26.7 Å². The summed E-state index contributed by atoms with van der Waals surface area (Å²) in [5.74, 6) is 0. The molecule has 96 valence electrons. The van der Waals surface area contributed by atoms with E-state index < -0.39 is 7.60 Å². The molecule has 0 saturated heterocycles. The Labute approximate surface area is 97.4 Å². The van der Waals surface area contributed by atoms with Crippen molar-refractivity contribution in [2.75, 3.05) is 6.16 Å². The van der Waals surface area contributed by atoms with Gasteiger partial charge in [0, 0.05) is 0 Å². The van der Waals surface area contributed by atoms with Gasteiger partial charge in [0.2, 0.25) is 0 Å². The van der Waals surface area contributed by atoms with Crippen LogP contribution in [0.15, 0.2) is 5.16 Å². The Hall–Kier alpha value is -0.380. The molecular weight excluding hydrogens is 229 g/mol. The van der Waals surface area contributed by atoms with Gasteiger partial charge in [-0.2, -0.15) is 0 Å². The quantitative estimate of drug-likeness (QED) is 0.311. The van der Waals surface area contributed by atoms with Gasteiger partial charge >= 0.3 is 7.60 Å². The molecule has 0 bridgehead atoms. The van der Waals surface area contributed by atoms with Crippen LogP contribution in [0.25, 0.3) is 0 Å². The second-order valence-electron chi connectivity index (χ2n) is 3.74. The van der Waals surface area contributed by atoms with Crippen LogP contribution < -0.4 is 0 Å². The molecule has 0 aliphatic rings. The van der Waals surface area contributed by atoms with E-state index in [0.717, 1.165) is 19.1 Å². The number of oxime groups is 1. The molecule has 2 atom stereocenters. The maximum absolute atomic E-state index is 12.3. The molecule has 0 aromatic rings. The fourth-order valence-corrected chi connectivity index (χ4v) is 2.83. The topological polar surface area (TPSA) is 68.1 Å². The minimum absolute atomic E-state index is 0.00181. The van der Waals surface area contributed by atoms with Crippen LogP contribution in [0.5, 0.6) is 0 Å². The summed E-state index contributed by atoms with van der Waals surface area (Å²) in [4.78, 5) is 0. The normalized spacial score (nSPS) is 19.5. The van der Waals surface area contributed by atoms with Gasteiger partial charge in [0.05, 0.1) is 24.6 Å². The lowest BCUT2D eigenvalue weighted by Crippen LogP contribution is -2.13. The summed E-state index contributed by atoms with van der Waals surface area (Å²) in [7, 11) is -3.19. The Morgan fingerprint density at radius 3 is 2.00 bits per heavy atom. The van der Waals surface area contributed by atoms with Crippen molar-refractivity contribution in [2.24, 2.45) is 5.16 Å². The van der Waals surface area contributed by atoms with Crippen molar-refractivity contribution >= 4 is 13.8 Å². The molecule has 0 aliphatic carbocycles. The summed E-state index contributed by atoms with van der Waals surface area (Å²) in [5.41, 5.74) is 0. The zero-order valence-corrected chi connectivity index (χ0v) is 11.3. The van der Waals surface area contributed by atoms with E-state index in [-0.39, 0.29) is 18.4 Å². The van der Waals surface area contributed by atoms with Crippen molar-refractivity contribution < 1.29 is 18.8 Å². The smallest absolute Gasteiger partial charge is 0.336 e. The van der Waals surface area contributed by atoms with Crippen molar-refractivity contribution in [3.63, 3.8) is 0 Å². The lowest BCUT2D eigenvalue weighted by Gasteiger charge is -2.23. The maximum atomic E-state index is 12.3. The second kappa shape index (κ2) is 7.82.